The van der Waals surface area contributed by atoms with Crippen molar-refractivity contribution in [2.75, 3.05) is 26.4 Å². The summed E-state index contributed by atoms with van der Waals surface area (Å²) in [5, 5.41) is 0. The average Bonchev–Trinajstić information content (AvgIpc) is 2.61. The zero-order chi connectivity index (χ0) is 18.3. The first-order valence-electron chi connectivity index (χ1n) is 7.83. The Bertz CT molecular complexity index is 806. The van der Waals surface area contributed by atoms with Gasteiger partial charge in [-0.15, -0.1) is 0 Å². The summed E-state index contributed by atoms with van der Waals surface area (Å²) in [6.45, 7) is 0.339. The fraction of sp³-hybridized carbons (Fsp3) is 0.278. The Kier molecular flexibility index (Phi) is 7.04. The van der Waals surface area contributed by atoms with E-state index in [9.17, 15) is 13.2 Å². The van der Waals surface area contributed by atoms with Gasteiger partial charge in [-0.25, -0.2) is 13.1 Å². The monoisotopic (exact) mass is 378 g/mol. The van der Waals surface area contributed by atoms with Crippen LogP contribution in [0.2, 0.25) is 0 Å². The summed E-state index contributed by atoms with van der Waals surface area (Å²) < 4.78 is 27.3. The molecule has 0 fully saturated rings. The zero-order valence-electron chi connectivity index (χ0n) is 14.3. The summed E-state index contributed by atoms with van der Waals surface area (Å²) >= 11 is 1.67. The molecule has 2 aromatic rings. The van der Waals surface area contributed by atoms with Gasteiger partial charge in [0.25, 0.3) is 5.91 Å². The first-order valence-corrected chi connectivity index (χ1v) is 10.5. The number of amides is 1. The molecule has 7 heteroatoms. The topological polar surface area (TPSA) is 66.5 Å². The highest BCUT2D eigenvalue weighted by Crippen LogP contribution is 2.14. The van der Waals surface area contributed by atoms with Gasteiger partial charge in [0.15, 0.2) is 0 Å². The molecule has 134 valence electrons. The third-order valence-electron chi connectivity index (χ3n) is 3.45. The van der Waals surface area contributed by atoms with Crippen molar-refractivity contribution in [3.63, 3.8) is 0 Å². The van der Waals surface area contributed by atoms with Crippen LogP contribution in [0.5, 0.6) is 0 Å². The van der Waals surface area contributed by atoms with Gasteiger partial charge >= 0.3 is 0 Å². The Hall–Kier alpha value is -1.83. The van der Waals surface area contributed by atoms with Gasteiger partial charge in [-0.2, -0.15) is 11.8 Å². The fourth-order valence-electron chi connectivity index (χ4n) is 2.15. The maximum Gasteiger partial charge on any atom is 0.253 e. The third-order valence-corrected chi connectivity index (χ3v) is 5.94. The standard InChI is InChI=1S/C18H22N2O3S2/c1-20(2)18(21)16-9-6-10-17(13-16)25(22,23)19-11-12-24-14-15-7-4-3-5-8-15/h3-10,13,19H,11-12,14H2,1-2H3. The molecule has 0 saturated carbocycles. The molecule has 0 saturated heterocycles. The number of carbonyl (C=O) groups excluding carboxylic acids is 1. The normalized spacial score (nSPS) is 11.3. The smallest absolute Gasteiger partial charge is 0.253 e. The lowest BCUT2D eigenvalue weighted by atomic mass is 10.2. The molecule has 0 aliphatic carbocycles. The molecular formula is C18H22N2O3S2. The Morgan fingerprint density at radius 1 is 1.08 bits per heavy atom. The third kappa shape index (κ3) is 5.88. The minimum absolute atomic E-state index is 0.105. The lowest BCUT2D eigenvalue weighted by Gasteiger charge is -2.12. The molecule has 0 unspecified atom stereocenters. The first-order chi connectivity index (χ1) is 11.9. The number of sulfonamides is 1. The minimum Gasteiger partial charge on any atom is -0.345 e. The first kappa shape index (κ1) is 19.5. The number of rotatable bonds is 8. The van der Waals surface area contributed by atoms with Gasteiger partial charge in [-0.3, -0.25) is 4.79 Å². The SMILES string of the molecule is CN(C)C(=O)c1cccc(S(=O)(=O)NCCSCc2ccccc2)c1. The molecule has 0 aliphatic rings. The number of nitrogens with one attached hydrogen (secondary N) is 1. The molecule has 0 spiro atoms. The molecule has 0 radical (unpaired) electrons. The lowest BCUT2D eigenvalue weighted by Crippen LogP contribution is -2.27. The van der Waals surface area contributed by atoms with Crippen LogP contribution in [0.3, 0.4) is 0 Å². The Morgan fingerprint density at radius 2 is 1.80 bits per heavy atom. The summed E-state index contributed by atoms with van der Waals surface area (Å²) in [4.78, 5) is 13.5. The highest BCUT2D eigenvalue weighted by atomic mass is 32.2. The van der Waals surface area contributed by atoms with Crippen molar-refractivity contribution in [2.45, 2.75) is 10.6 Å². The molecular weight excluding hydrogens is 356 g/mol. The van der Waals surface area contributed by atoms with Crippen LogP contribution < -0.4 is 4.72 Å². The van der Waals surface area contributed by atoms with Crippen molar-refractivity contribution in [2.24, 2.45) is 0 Å². The fourth-order valence-corrected chi connectivity index (χ4v) is 4.18. The molecule has 0 aromatic heterocycles. The van der Waals surface area contributed by atoms with Crippen LogP contribution >= 0.6 is 11.8 Å². The number of thioether (sulfide) groups is 1. The van der Waals surface area contributed by atoms with Crippen LogP contribution in [0.15, 0.2) is 59.5 Å². The van der Waals surface area contributed by atoms with E-state index in [2.05, 4.69) is 4.72 Å². The Balaban J connectivity index is 1.89. The highest BCUT2D eigenvalue weighted by Gasteiger charge is 2.16. The van der Waals surface area contributed by atoms with Crippen molar-refractivity contribution >= 4 is 27.7 Å². The van der Waals surface area contributed by atoms with Crippen LogP contribution in [0.1, 0.15) is 15.9 Å². The van der Waals surface area contributed by atoms with Crippen LogP contribution in [-0.4, -0.2) is 45.6 Å². The van der Waals surface area contributed by atoms with Crippen LogP contribution in [0.4, 0.5) is 0 Å². The van der Waals surface area contributed by atoms with Gasteiger partial charge in [0.1, 0.15) is 0 Å². The predicted octanol–water partition coefficient (Wildman–Crippen LogP) is 2.60. The number of hydrogen-bond donors (Lipinski definition) is 1. The number of benzene rings is 2. The average molecular weight is 379 g/mol. The molecule has 2 rings (SSSR count). The number of nitrogens with zero attached hydrogens (tertiary/aromatic N) is 1. The summed E-state index contributed by atoms with van der Waals surface area (Å²) in [6.07, 6.45) is 0. The van der Waals surface area contributed by atoms with Gasteiger partial charge in [0, 0.05) is 37.7 Å². The van der Waals surface area contributed by atoms with Gasteiger partial charge in [0.2, 0.25) is 10.0 Å². The zero-order valence-corrected chi connectivity index (χ0v) is 15.9. The summed E-state index contributed by atoms with van der Waals surface area (Å²) in [7, 11) is -0.360. The molecule has 25 heavy (non-hydrogen) atoms. The van der Waals surface area contributed by atoms with Gasteiger partial charge < -0.3 is 4.90 Å². The second-order valence-electron chi connectivity index (χ2n) is 5.66. The molecule has 0 heterocycles. The van der Waals surface area contributed by atoms with Crippen molar-refractivity contribution in [3.05, 3.63) is 65.7 Å². The Morgan fingerprint density at radius 3 is 2.48 bits per heavy atom. The molecule has 5 nitrogen and oxygen atoms in total. The van der Waals surface area contributed by atoms with E-state index in [4.69, 9.17) is 0 Å². The predicted molar refractivity (Wildman–Crippen MR) is 102 cm³/mol. The van der Waals surface area contributed by atoms with E-state index in [-0.39, 0.29) is 10.8 Å². The van der Waals surface area contributed by atoms with Crippen LogP contribution in [0, 0.1) is 0 Å². The number of carbonyl (C=O) groups is 1. The quantitative estimate of drug-likeness (QED) is 0.717. The highest BCUT2D eigenvalue weighted by molar-refractivity contribution is 7.98. The second kappa shape index (κ2) is 9.03. The van der Waals surface area contributed by atoms with Gasteiger partial charge in [0.05, 0.1) is 4.90 Å². The summed E-state index contributed by atoms with van der Waals surface area (Å²) in [6, 6.07) is 16.1. The largest absolute Gasteiger partial charge is 0.345 e. The van der Waals surface area contributed by atoms with Crippen molar-refractivity contribution in [1.29, 1.82) is 0 Å². The summed E-state index contributed by atoms with van der Waals surface area (Å²) in [5.74, 6) is 1.29. The molecule has 0 atom stereocenters. The Labute approximate surface area is 153 Å². The molecule has 2 aromatic carbocycles. The van der Waals surface area contributed by atoms with Crippen molar-refractivity contribution in [1.82, 2.24) is 9.62 Å². The van der Waals surface area contributed by atoms with E-state index < -0.39 is 10.0 Å². The second-order valence-corrected chi connectivity index (χ2v) is 8.54. The van der Waals surface area contributed by atoms with E-state index in [1.807, 2.05) is 30.3 Å². The van der Waals surface area contributed by atoms with Crippen molar-refractivity contribution in [3.8, 4) is 0 Å². The van der Waals surface area contributed by atoms with E-state index in [0.717, 1.165) is 5.75 Å². The molecule has 0 bridgehead atoms. The van der Waals surface area contributed by atoms with E-state index in [1.165, 1.54) is 22.6 Å². The van der Waals surface area contributed by atoms with E-state index >= 15 is 0 Å². The van der Waals surface area contributed by atoms with E-state index in [1.54, 1.807) is 38.0 Å². The van der Waals surface area contributed by atoms with Gasteiger partial charge in [-0.05, 0) is 23.8 Å². The minimum atomic E-state index is -3.62. The lowest BCUT2D eigenvalue weighted by molar-refractivity contribution is 0.0827. The summed E-state index contributed by atoms with van der Waals surface area (Å²) in [5.41, 5.74) is 1.57. The van der Waals surface area contributed by atoms with Gasteiger partial charge in [-0.1, -0.05) is 36.4 Å². The van der Waals surface area contributed by atoms with Crippen LogP contribution in [-0.2, 0) is 15.8 Å². The number of hydrogen-bond acceptors (Lipinski definition) is 4. The molecule has 1 amide bonds. The van der Waals surface area contributed by atoms with Crippen LogP contribution in [0.25, 0.3) is 0 Å². The molecule has 1 N–H and O–H groups in total. The molecule has 0 aliphatic heterocycles. The van der Waals surface area contributed by atoms with E-state index in [0.29, 0.717) is 17.9 Å². The maximum atomic E-state index is 12.4. The maximum absolute atomic E-state index is 12.4. The van der Waals surface area contributed by atoms with Crippen molar-refractivity contribution < 1.29 is 13.2 Å².